The smallest absolute Gasteiger partial charge is 0.229 e. The summed E-state index contributed by atoms with van der Waals surface area (Å²) in [7, 11) is 1.55. The summed E-state index contributed by atoms with van der Waals surface area (Å²) in [6, 6.07) is 5.20. The second-order valence-corrected chi connectivity index (χ2v) is 4.36. The van der Waals surface area contributed by atoms with E-state index in [1.807, 2.05) is 0 Å². The highest BCUT2D eigenvalue weighted by atomic mass is 16.5. The van der Waals surface area contributed by atoms with E-state index in [2.05, 4.69) is 5.32 Å². The number of rotatable bonds is 3. The van der Waals surface area contributed by atoms with Crippen LogP contribution in [0.4, 0.5) is 11.4 Å². The predicted molar refractivity (Wildman–Crippen MR) is 69.6 cm³/mol. The second-order valence-electron chi connectivity index (χ2n) is 4.36. The van der Waals surface area contributed by atoms with E-state index >= 15 is 0 Å². The lowest BCUT2D eigenvalue weighted by molar-refractivity contribution is -0.123. The molecule has 1 heterocycles. The molecule has 1 atom stereocenters. The van der Waals surface area contributed by atoms with Crippen molar-refractivity contribution in [3.63, 3.8) is 0 Å². The summed E-state index contributed by atoms with van der Waals surface area (Å²) in [5.74, 6) is 0.483. The first-order valence-electron chi connectivity index (χ1n) is 6.03. The lowest BCUT2D eigenvalue weighted by Crippen LogP contribution is -2.30. The normalized spacial score (nSPS) is 19.3. The van der Waals surface area contributed by atoms with Gasteiger partial charge in [-0.25, -0.2) is 0 Å². The molecule has 5 heteroatoms. The SMILES string of the molecule is COc1cc(NC(=O)C2CCCOC2)ccc1N. The fourth-order valence-corrected chi connectivity index (χ4v) is 1.98. The zero-order valence-corrected chi connectivity index (χ0v) is 10.4. The van der Waals surface area contributed by atoms with Crippen LogP contribution in [-0.2, 0) is 9.53 Å². The largest absolute Gasteiger partial charge is 0.495 e. The van der Waals surface area contributed by atoms with Crippen LogP contribution >= 0.6 is 0 Å². The van der Waals surface area contributed by atoms with E-state index in [0.717, 1.165) is 19.4 Å². The number of nitrogen functional groups attached to an aromatic ring is 1. The van der Waals surface area contributed by atoms with Crippen LogP contribution in [0.1, 0.15) is 12.8 Å². The zero-order chi connectivity index (χ0) is 13.0. The molecule has 0 radical (unpaired) electrons. The van der Waals surface area contributed by atoms with Gasteiger partial charge in [0.05, 0.1) is 25.3 Å². The van der Waals surface area contributed by atoms with E-state index in [4.69, 9.17) is 15.2 Å². The number of carbonyl (C=O) groups is 1. The molecule has 1 unspecified atom stereocenters. The number of carbonyl (C=O) groups excluding carboxylic acids is 1. The molecule has 1 aromatic rings. The fraction of sp³-hybridized carbons (Fsp3) is 0.462. The minimum Gasteiger partial charge on any atom is -0.495 e. The van der Waals surface area contributed by atoms with Crippen molar-refractivity contribution in [1.82, 2.24) is 0 Å². The van der Waals surface area contributed by atoms with E-state index in [-0.39, 0.29) is 11.8 Å². The molecule has 5 nitrogen and oxygen atoms in total. The Morgan fingerprint density at radius 2 is 2.39 bits per heavy atom. The molecule has 98 valence electrons. The van der Waals surface area contributed by atoms with Gasteiger partial charge in [-0.15, -0.1) is 0 Å². The Hall–Kier alpha value is -1.75. The van der Waals surface area contributed by atoms with Crippen molar-refractivity contribution in [3.8, 4) is 5.75 Å². The van der Waals surface area contributed by atoms with Gasteiger partial charge in [0.15, 0.2) is 0 Å². The van der Waals surface area contributed by atoms with E-state index < -0.39 is 0 Å². The summed E-state index contributed by atoms with van der Waals surface area (Å²) < 4.78 is 10.4. The van der Waals surface area contributed by atoms with Gasteiger partial charge in [-0.1, -0.05) is 0 Å². The minimum atomic E-state index is -0.0673. The highest BCUT2D eigenvalue weighted by Gasteiger charge is 2.21. The molecule has 1 aliphatic heterocycles. The van der Waals surface area contributed by atoms with Crippen molar-refractivity contribution in [2.45, 2.75) is 12.8 Å². The second kappa shape index (κ2) is 5.73. The zero-order valence-electron chi connectivity index (χ0n) is 10.4. The van der Waals surface area contributed by atoms with Crippen LogP contribution in [0.5, 0.6) is 5.75 Å². The fourth-order valence-electron chi connectivity index (χ4n) is 1.98. The third-order valence-electron chi connectivity index (χ3n) is 3.03. The average molecular weight is 250 g/mol. The number of nitrogens with one attached hydrogen (secondary N) is 1. The monoisotopic (exact) mass is 250 g/mol. The van der Waals surface area contributed by atoms with Crippen LogP contribution in [0.2, 0.25) is 0 Å². The first kappa shape index (κ1) is 12.7. The summed E-state index contributed by atoms with van der Waals surface area (Å²) in [4.78, 5) is 12.0. The van der Waals surface area contributed by atoms with Gasteiger partial charge in [-0.05, 0) is 25.0 Å². The number of ether oxygens (including phenoxy) is 2. The van der Waals surface area contributed by atoms with Crippen LogP contribution in [0.15, 0.2) is 18.2 Å². The third-order valence-corrected chi connectivity index (χ3v) is 3.03. The lowest BCUT2D eigenvalue weighted by atomic mass is 10.0. The van der Waals surface area contributed by atoms with Crippen LogP contribution in [0.25, 0.3) is 0 Å². The number of benzene rings is 1. The molecule has 1 aliphatic rings. The molecular weight excluding hydrogens is 232 g/mol. The maximum absolute atomic E-state index is 12.0. The highest BCUT2D eigenvalue weighted by Crippen LogP contribution is 2.25. The first-order valence-corrected chi connectivity index (χ1v) is 6.03. The van der Waals surface area contributed by atoms with Crippen molar-refractivity contribution in [1.29, 1.82) is 0 Å². The Bertz CT molecular complexity index is 428. The average Bonchev–Trinajstić information content (AvgIpc) is 2.42. The van der Waals surface area contributed by atoms with Crippen molar-refractivity contribution >= 4 is 17.3 Å². The Morgan fingerprint density at radius 3 is 3.06 bits per heavy atom. The van der Waals surface area contributed by atoms with Gasteiger partial charge in [0.1, 0.15) is 5.75 Å². The molecule has 1 aromatic carbocycles. The molecule has 18 heavy (non-hydrogen) atoms. The van der Waals surface area contributed by atoms with Crippen molar-refractivity contribution < 1.29 is 14.3 Å². The summed E-state index contributed by atoms with van der Waals surface area (Å²) in [5, 5.41) is 2.86. The number of methoxy groups -OCH3 is 1. The van der Waals surface area contributed by atoms with Crippen LogP contribution in [0, 0.1) is 5.92 Å². The molecule has 3 N–H and O–H groups in total. The van der Waals surface area contributed by atoms with E-state index in [1.54, 1.807) is 25.3 Å². The van der Waals surface area contributed by atoms with Crippen LogP contribution < -0.4 is 15.8 Å². The maximum atomic E-state index is 12.0. The molecule has 0 aliphatic carbocycles. The first-order chi connectivity index (χ1) is 8.70. The number of hydrogen-bond acceptors (Lipinski definition) is 4. The van der Waals surface area contributed by atoms with Crippen LogP contribution in [-0.4, -0.2) is 26.2 Å². The summed E-state index contributed by atoms with van der Waals surface area (Å²) in [6.07, 6.45) is 1.81. The molecule has 0 bridgehead atoms. The number of anilines is 2. The van der Waals surface area contributed by atoms with Crippen LogP contribution in [0.3, 0.4) is 0 Å². The molecule has 0 saturated carbocycles. The molecule has 1 amide bonds. The van der Waals surface area contributed by atoms with Gasteiger partial charge in [-0.2, -0.15) is 0 Å². The molecule has 1 saturated heterocycles. The number of hydrogen-bond donors (Lipinski definition) is 2. The summed E-state index contributed by atoms with van der Waals surface area (Å²) >= 11 is 0. The van der Waals surface area contributed by atoms with E-state index in [0.29, 0.717) is 23.7 Å². The predicted octanol–water partition coefficient (Wildman–Crippen LogP) is 1.64. The lowest BCUT2D eigenvalue weighted by Gasteiger charge is -2.21. The maximum Gasteiger partial charge on any atom is 0.229 e. The Labute approximate surface area is 106 Å². The van der Waals surface area contributed by atoms with Gasteiger partial charge in [-0.3, -0.25) is 4.79 Å². The van der Waals surface area contributed by atoms with Gasteiger partial charge in [0.2, 0.25) is 5.91 Å². The minimum absolute atomic E-state index is 0.0125. The molecule has 0 spiro atoms. The topological polar surface area (TPSA) is 73.6 Å². The third kappa shape index (κ3) is 2.92. The Kier molecular flexibility index (Phi) is 4.04. The summed E-state index contributed by atoms with van der Waals surface area (Å²) in [5.41, 5.74) is 6.96. The van der Waals surface area contributed by atoms with Crippen molar-refractivity contribution in [2.75, 3.05) is 31.4 Å². The standard InChI is InChI=1S/C13H18N2O3/c1-17-12-7-10(4-5-11(12)14)15-13(16)9-3-2-6-18-8-9/h4-5,7,9H,2-3,6,8,14H2,1H3,(H,15,16). The molecule has 2 rings (SSSR count). The van der Waals surface area contributed by atoms with Gasteiger partial charge in [0.25, 0.3) is 0 Å². The molecule has 1 fully saturated rings. The Balaban J connectivity index is 2.02. The Morgan fingerprint density at radius 1 is 1.56 bits per heavy atom. The number of amides is 1. The van der Waals surface area contributed by atoms with Gasteiger partial charge in [0, 0.05) is 18.4 Å². The van der Waals surface area contributed by atoms with E-state index in [1.165, 1.54) is 0 Å². The molecule has 0 aromatic heterocycles. The number of nitrogens with two attached hydrogens (primary N) is 1. The quantitative estimate of drug-likeness (QED) is 0.800. The van der Waals surface area contributed by atoms with Crippen molar-refractivity contribution in [3.05, 3.63) is 18.2 Å². The van der Waals surface area contributed by atoms with E-state index in [9.17, 15) is 4.79 Å². The summed E-state index contributed by atoms with van der Waals surface area (Å²) in [6.45, 7) is 1.25. The van der Waals surface area contributed by atoms with Crippen molar-refractivity contribution in [2.24, 2.45) is 5.92 Å². The molecular formula is C13H18N2O3. The highest BCUT2D eigenvalue weighted by molar-refractivity contribution is 5.93. The van der Waals surface area contributed by atoms with Gasteiger partial charge < -0.3 is 20.5 Å². The van der Waals surface area contributed by atoms with Gasteiger partial charge >= 0.3 is 0 Å².